The molecule has 2 rings (SSSR count). The number of aliphatic hydroxyl groups excluding tert-OH is 4. The summed E-state index contributed by atoms with van der Waals surface area (Å²) in [5.41, 5.74) is 5.86. The lowest BCUT2D eigenvalue weighted by Crippen LogP contribution is -2.63. The number of nitrogens with zero attached hydrogens (tertiary/aromatic N) is 2. The minimum Gasteiger partial charge on any atom is -0.394 e. The summed E-state index contributed by atoms with van der Waals surface area (Å²) in [5.74, 6) is -4.30. The third-order valence-corrected chi connectivity index (χ3v) is 4.17. The van der Waals surface area contributed by atoms with Crippen molar-refractivity contribution in [1.29, 1.82) is 0 Å². The number of benzene rings is 1. The maximum atomic E-state index is 12.7. The lowest BCUT2D eigenvalue weighted by atomic mass is 9.90. The molecule has 2 amide bonds. The van der Waals surface area contributed by atoms with Gasteiger partial charge in [0, 0.05) is 5.34 Å². The fourth-order valence-corrected chi connectivity index (χ4v) is 2.66. The lowest BCUT2D eigenvalue weighted by molar-refractivity contribution is -0.424. The second kappa shape index (κ2) is 9.97. The highest BCUT2D eigenvalue weighted by Gasteiger charge is 2.50. The smallest absolute Gasteiger partial charge is 0.261 e. The maximum absolute atomic E-state index is 12.7. The number of rotatable bonds is 7. The molecular formula is C16H23N3O9. The molecule has 0 aromatic heterocycles. The van der Waals surface area contributed by atoms with Crippen LogP contribution in [-0.4, -0.2) is 85.5 Å². The molecule has 1 aliphatic heterocycles. The second-order valence-corrected chi connectivity index (χ2v) is 6.01. The first kappa shape index (κ1) is 22.3. The molecule has 0 bridgehead atoms. The first-order valence-electron chi connectivity index (χ1n) is 8.35. The Morgan fingerprint density at radius 3 is 2.36 bits per heavy atom. The van der Waals surface area contributed by atoms with Crippen LogP contribution in [0, 0.1) is 5.92 Å². The van der Waals surface area contributed by atoms with Gasteiger partial charge in [0.2, 0.25) is 0 Å². The zero-order chi connectivity index (χ0) is 20.8. The molecule has 1 unspecified atom stereocenters. The molecule has 0 aliphatic carbocycles. The average Bonchev–Trinajstić information content (AvgIpc) is 2.69. The van der Waals surface area contributed by atoms with E-state index in [1.165, 1.54) is 0 Å². The average molecular weight is 401 g/mol. The Morgan fingerprint density at radius 1 is 1.14 bits per heavy atom. The topological polar surface area (TPSA) is 186 Å². The van der Waals surface area contributed by atoms with Gasteiger partial charge in [-0.05, 0) is 5.56 Å². The summed E-state index contributed by atoms with van der Waals surface area (Å²) in [6, 6.07) is 8.50. The Labute approximate surface area is 159 Å². The molecule has 12 nitrogen and oxygen atoms in total. The number of hydrogen-bond acceptors (Lipinski definition) is 11. The van der Waals surface area contributed by atoms with E-state index in [1.54, 1.807) is 30.3 Å². The van der Waals surface area contributed by atoms with E-state index >= 15 is 0 Å². The minimum atomic E-state index is -1.97. The van der Waals surface area contributed by atoms with Crippen molar-refractivity contribution in [2.45, 2.75) is 31.2 Å². The van der Waals surface area contributed by atoms with Crippen LogP contribution < -0.4 is 5.73 Å². The second-order valence-electron chi connectivity index (χ2n) is 6.01. The molecule has 0 spiro atoms. The molecule has 7 N–H and O–H groups in total. The predicted molar refractivity (Wildman–Crippen MR) is 89.2 cm³/mol. The van der Waals surface area contributed by atoms with Gasteiger partial charge in [0.25, 0.3) is 11.8 Å². The van der Waals surface area contributed by atoms with E-state index in [0.717, 1.165) is 0 Å². The van der Waals surface area contributed by atoms with Gasteiger partial charge in [0.15, 0.2) is 6.29 Å². The number of carbonyl (C=O) groups excluding carboxylic acids is 2. The van der Waals surface area contributed by atoms with Crippen LogP contribution in [-0.2, 0) is 25.8 Å². The van der Waals surface area contributed by atoms with Crippen molar-refractivity contribution in [3.05, 3.63) is 35.9 Å². The number of ether oxygens (including phenoxy) is 1. The standard InChI is InChI=1S/C16H23N3O9/c17-6-11(21)18(19(26)27-8-9-4-2-1-3-5-9)15(24)12-14(23)13(22)10(7-20)28-16(12)25/h1-5,10,12-14,16,20,22-23,25-26H,6-8,17H2/t10-,12-,13-,14-,16?/m1/s1. The maximum Gasteiger partial charge on any atom is 0.261 e. The van der Waals surface area contributed by atoms with Crippen LogP contribution in [0.2, 0.25) is 0 Å². The number of nitrogens with two attached hydrogens (primary N) is 1. The van der Waals surface area contributed by atoms with Crippen LogP contribution >= 0.6 is 0 Å². The van der Waals surface area contributed by atoms with Crippen LogP contribution in [0.15, 0.2) is 30.3 Å². The zero-order valence-electron chi connectivity index (χ0n) is 14.7. The van der Waals surface area contributed by atoms with Crippen LogP contribution in [0.1, 0.15) is 5.56 Å². The number of hydrogen-bond donors (Lipinski definition) is 6. The fraction of sp³-hybridized carbons (Fsp3) is 0.500. The highest BCUT2D eigenvalue weighted by Crippen LogP contribution is 2.27. The molecule has 1 aromatic rings. The van der Waals surface area contributed by atoms with Crippen LogP contribution in [0.5, 0.6) is 0 Å². The first-order chi connectivity index (χ1) is 13.3. The third kappa shape index (κ3) is 4.88. The van der Waals surface area contributed by atoms with Crippen LogP contribution in [0.25, 0.3) is 0 Å². The van der Waals surface area contributed by atoms with E-state index in [1.807, 2.05) is 0 Å². The van der Waals surface area contributed by atoms with Gasteiger partial charge in [-0.2, -0.15) is 5.01 Å². The Bertz CT molecular complexity index is 662. The van der Waals surface area contributed by atoms with Crippen LogP contribution in [0.3, 0.4) is 0 Å². The Morgan fingerprint density at radius 2 is 1.79 bits per heavy atom. The summed E-state index contributed by atoms with van der Waals surface area (Å²) in [4.78, 5) is 29.7. The van der Waals surface area contributed by atoms with Gasteiger partial charge >= 0.3 is 0 Å². The van der Waals surface area contributed by atoms with Crippen molar-refractivity contribution in [2.75, 3.05) is 13.2 Å². The van der Waals surface area contributed by atoms with Crippen molar-refractivity contribution in [3.63, 3.8) is 0 Å². The van der Waals surface area contributed by atoms with Crippen molar-refractivity contribution >= 4 is 11.8 Å². The van der Waals surface area contributed by atoms with E-state index in [-0.39, 0.29) is 17.0 Å². The van der Waals surface area contributed by atoms with E-state index in [0.29, 0.717) is 5.56 Å². The number of carbonyl (C=O) groups is 2. The Kier molecular flexibility index (Phi) is 7.94. The molecule has 1 aliphatic rings. The molecule has 1 heterocycles. The summed E-state index contributed by atoms with van der Waals surface area (Å²) < 4.78 is 4.89. The molecule has 0 radical (unpaired) electrons. The Balaban J connectivity index is 2.17. The largest absolute Gasteiger partial charge is 0.394 e. The van der Waals surface area contributed by atoms with Gasteiger partial charge in [-0.1, -0.05) is 30.3 Å². The van der Waals surface area contributed by atoms with Crippen molar-refractivity contribution in [1.82, 2.24) is 10.3 Å². The van der Waals surface area contributed by atoms with Gasteiger partial charge < -0.3 is 30.9 Å². The molecule has 12 heteroatoms. The minimum absolute atomic E-state index is 0.0788. The molecule has 5 atom stereocenters. The number of imide groups is 1. The van der Waals surface area contributed by atoms with Gasteiger partial charge in [0.1, 0.15) is 18.1 Å². The van der Waals surface area contributed by atoms with Crippen LogP contribution in [0.4, 0.5) is 0 Å². The molecular weight excluding hydrogens is 378 g/mol. The summed E-state index contributed by atoms with van der Waals surface area (Å²) >= 11 is 0. The highest BCUT2D eigenvalue weighted by atomic mass is 16.9. The molecule has 1 aromatic carbocycles. The SMILES string of the molecule is NCC(=O)N(C(=O)[C@@H]1C(O)O[C@H](CO)[C@@H](O)[C@@H]1O)N(O)OCc1ccccc1. The monoisotopic (exact) mass is 401 g/mol. The summed E-state index contributed by atoms with van der Waals surface area (Å²) in [6.45, 7) is -1.66. The van der Waals surface area contributed by atoms with Gasteiger partial charge in [-0.3, -0.25) is 19.6 Å². The van der Waals surface area contributed by atoms with E-state index in [2.05, 4.69) is 0 Å². The summed E-state index contributed by atoms with van der Waals surface area (Å²) in [7, 11) is 0. The van der Waals surface area contributed by atoms with E-state index < -0.39 is 55.5 Å². The van der Waals surface area contributed by atoms with E-state index in [4.69, 9.17) is 20.4 Å². The molecule has 28 heavy (non-hydrogen) atoms. The van der Waals surface area contributed by atoms with Gasteiger partial charge in [-0.15, -0.1) is 0 Å². The summed E-state index contributed by atoms with van der Waals surface area (Å²) in [6.07, 6.45) is -6.94. The van der Waals surface area contributed by atoms with Crippen molar-refractivity contribution in [2.24, 2.45) is 11.7 Å². The highest BCUT2D eigenvalue weighted by molar-refractivity contribution is 5.96. The molecule has 1 saturated heterocycles. The van der Waals surface area contributed by atoms with Gasteiger partial charge in [0.05, 0.1) is 25.9 Å². The fourth-order valence-electron chi connectivity index (χ4n) is 2.66. The third-order valence-electron chi connectivity index (χ3n) is 4.17. The Hall–Kier alpha value is -2.00. The van der Waals surface area contributed by atoms with Gasteiger partial charge in [-0.25, -0.2) is 0 Å². The lowest BCUT2D eigenvalue weighted by Gasteiger charge is -2.41. The first-order valence-corrected chi connectivity index (χ1v) is 8.35. The van der Waals surface area contributed by atoms with Crippen molar-refractivity contribution < 1.29 is 44.8 Å². The zero-order valence-corrected chi connectivity index (χ0v) is 14.7. The number of hydrazine groups is 1. The number of aliphatic hydroxyl groups is 4. The quantitative estimate of drug-likeness (QED) is 0.257. The molecule has 0 saturated carbocycles. The molecule has 1 fully saturated rings. The normalized spacial score (nSPS) is 27.6. The summed E-state index contributed by atoms with van der Waals surface area (Å²) in [5, 5.41) is 49.1. The number of amides is 2. The molecule has 156 valence electrons. The van der Waals surface area contributed by atoms with E-state index in [9.17, 15) is 30.1 Å². The predicted octanol–water partition coefficient (Wildman–Crippen LogP) is -2.91. The van der Waals surface area contributed by atoms with Crippen molar-refractivity contribution in [3.8, 4) is 0 Å².